The van der Waals surface area contributed by atoms with Crippen molar-refractivity contribution in [1.82, 2.24) is 29.3 Å². The summed E-state index contributed by atoms with van der Waals surface area (Å²) in [5, 5.41) is 8.17. The average Bonchev–Trinajstić information content (AvgIpc) is 3.37. The highest BCUT2D eigenvalue weighted by Crippen LogP contribution is 2.29. The van der Waals surface area contributed by atoms with Crippen LogP contribution in [-0.2, 0) is 11.8 Å². The highest BCUT2D eigenvalue weighted by Gasteiger charge is 2.38. The monoisotopic (exact) mass is 356 g/mol. The van der Waals surface area contributed by atoms with Gasteiger partial charge in [0.2, 0.25) is 0 Å². The largest absolute Gasteiger partial charge is 0.497 e. The number of fused-ring (bicyclic) bond motifs is 1. The van der Waals surface area contributed by atoms with Crippen molar-refractivity contribution in [2.24, 2.45) is 7.05 Å². The molecular weight excluding hydrogens is 336 g/mol. The Morgan fingerprint density at radius 1 is 1.31 bits per heavy atom. The first-order valence-corrected chi connectivity index (χ1v) is 8.30. The molecule has 9 nitrogen and oxygen atoms in total. The molecule has 1 saturated heterocycles. The highest BCUT2D eigenvalue weighted by molar-refractivity contribution is 5.93. The van der Waals surface area contributed by atoms with E-state index in [0.717, 1.165) is 5.69 Å². The molecule has 1 fully saturated rings. The molecule has 4 rings (SSSR count). The summed E-state index contributed by atoms with van der Waals surface area (Å²) in [4.78, 5) is 19.2. The average molecular weight is 356 g/mol. The Bertz CT molecular complexity index is 949. The SMILES string of the molecule is COc1ccn2c(C(=O)N3C[C@@H](OC)[C@H](c4cn(C)nn4)C3)cnc2c1. The second-order valence-corrected chi connectivity index (χ2v) is 6.35. The van der Waals surface area contributed by atoms with Gasteiger partial charge in [0.25, 0.3) is 5.91 Å². The number of imidazole rings is 1. The second kappa shape index (κ2) is 6.41. The Labute approximate surface area is 150 Å². The molecular formula is C17H20N6O3. The minimum atomic E-state index is -0.116. The van der Waals surface area contributed by atoms with Crippen molar-refractivity contribution in [2.75, 3.05) is 27.3 Å². The van der Waals surface area contributed by atoms with Gasteiger partial charge in [0.05, 0.1) is 31.0 Å². The van der Waals surface area contributed by atoms with E-state index in [2.05, 4.69) is 15.3 Å². The molecule has 2 atom stereocenters. The van der Waals surface area contributed by atoms with Crippen LogP contribution in [0.3, 0.4) is 0 Å². The number of carbonyl (C=O) groups excluding carboxylic acids is 1. The number of amides is 1. The van der Waals surface area contributed by atoms with Gasteiger partial charge in [-0.3, -0.25) is 13.9 Å². The van der Waals surface area contributed by atoms with Crippen LogP contribution >= 0.6 is 0 Å². The van der Waals surface area contributed by atoms with Gasteiger partial charge in [-0.25, -0.2) is 4.98 Å². The molecule has 0 spiro atoms. The zero-order valence-electron chi connectivity index (χ0n) is 14.9. The van der Waals surface area contributed by atoms with Gasteiger partial charge in [0, 0.05) is 45.7 Å². The Hall–Kier alpha value is -2.94. The quantitative estimate of drug-likeness (QED) is 0.685. The van der Waals surface area contributed by atoms with Crippen LogP contribution in [0.4, 0.5) is 0 Å². The van der Waals surface area contributed by atoms with Gasteiger partial charge in [0.1, 0.15) is 17.1 Å². The lowest BCUT2D eigenvalue weighted by molar-refractivity contribution is 0.0708. The zero-order valence-corrected chi connectivity index (χ0v) is 14.9. The van der Waals surface area contributed by atoms with E-state index in [9.17, 15) is 4.79 Å². The number of pyridine rings is 1. The van der Waals surface area contributed by atoms with Gasteiger partial charge < -0.3 is 14.4 Å². The summed E-state index contributed by atoms with van der Waals surface area (Å²) in [6.07, 6.45) is 5.13. The van der Waals surface area contributed by atoms with E-state index in [-0.39, 0.29) is 17.9 Å². The molecule has 1 amide bonds. The first-order chi connectivity index (χ1) is 12.6. The molecule has 0 N–H and O–H groups in total. The number of hydrogen-bond donors (Lipinski definition) is 0. The van der Waals surface area contributed by atoms with Crippen LogP contribution in [0.2, 0.25) is 0 Å². The van der Waals surface area contributed by atoms with Crippen LogP contribution in [0.1, 0.15) is 22.1 Å². The predicted octanol–water partition coefficient (Wildman–Crippen LogP) is 0.726. The maximum Gasteiger partial charge on any atom is 0.272 e. The van der Waals surface area contributed by atoms with E-state index in [1.807, 2.05) is 13.2 Å². The summed E-state index contributed by atoms with van der Waals surface area (Å²) >= 11 is 0. The first-order valence-electron chi connectivity index (χ1n) is 8.30. The summed E-state index contributed by atoms with van der Waals surface area (Å²) in [6.45, 7) is 1.03. The van der Waals surface area contributed by atoms with Crippen LogP contribution in [0, 0.1) is 0 Å². The summed E-state index contributed by atoms with van der Waals surface area (Å²) in [6, 6.07) is 3.59. The van der Waals surface area contributed by atoms with Gasteiger partial charge in [-0.05, 0) is 6.07 Å². The van der Waals surface area contributed by atoms with Crippen LogP contribution in [0.25, 0.3) is 5.65 Å². The van der Waals surface area contributed by atoms with Crippen molar-refractivity contribution in [1.29, 1.82) is 0 Å². The lowest BCUT2D eigenvalue weighted by atomic mass is 10.0. The number of hydrogen-bond acceptors (Lipinski definition) is 6. The minimum Gasteiger partial charge on any atom is -0.497 e. The van der Waals surface area contributed by atoms with Crippen molar-refractivity contribution in [3.63, 3.8) is 0 Å². The van der Waals surface area contributed by atoms with Gasteiger partial charge in [-0.2, -0.15) is 0 Å². The first kappa shape index (κ1) is 16.5. The molecule has 9 heteroatoms. The number of rotatable bonds is 4. The van der Waals surface area contributed by atoms with E-state index in [0.29, 0.717) is 30.2 Å². The molecule has 1 aliphatic heterocycles. The number of aryl methyl sites for hydroxylation is 1. The van der Waals surface area contributed by atoms with Gasteiger partial charge in [-0.1, -0.05) is 5.21 Å². The molecule has 3 aromatic rings. The van der Waals surface area contributed by atoms with E-state index >= 15 is 0 Å². The Morgan fingerprint density at radius 3 is 2.85 bits per heavy atom. The molecule has 0 unspecified atom stereocenters. The van der Waals surface area contributed by atoms with Crippen molar-refractivity contribution in [3.05, 3.63) is 42.1 Å². The molecule has 0 aromatic carbocycles. The number of likely N-dealkylation sites (tertiary alicyclic amines) is 1. The van der Waals surface area contributed by atoms with Gasteiger partial charge >= 0.3 is 0 Å². The molecule has 0 saturated carbocycles. The number of ether oxygens (including phenoxy) is 2. The fourth-order valence-electron chi connectivity index (χ4n) is 3.41. The van der Waals surface area contributed by atoms with E-state index in [1.54, 1.807) is 52.7 Å². The van der Waals surface area contributed by atoms with Gasteiger partial charge in [-0.15, -0.1) is 5.10 Å². The molecule has 4 heterocycles. The van der Waals surface area contributed by atoms with Crippen LogP contribution < -0.4 is 4.74 Å². The fourth-order valence-corrected chi connectivity index (χ4v) is 3.41. The maximum atomic E-state index is 13.1. The zero-order chi connectivity index (χ0) is 18.3. The lowest BCUT2D eigenvalue weighted by Crippen LogP contribution is -2.30. The minimum absolute atomic E-state index is 0.00284. The van der Waals surface area contributed by atoms with Crippen LogP contribution in [0.15, 0.2) is 30.7 Å². The summed E-state index contributed by atoms with van der Waals surface area (Å²) in [5.41, 5.74) is 2.01. The normalized spacial score (nSPS) is 20.0. The number of carbonyl (C=O) groups is 1. The molecule has 26 heavy (non-hydrogen) atoms. The van der Waals surface area contributed by atoms with Crippen molar-refractivity contribution in [2.45, 2.75) is 12.0 Å². The molecule has 3 aromatic heterocycles. The highest BCUT2D eigenvalue weighted by atomic mass is 16.5. The van der Waals surface area contributed by atoms with Crippen molar-refractivity contribution >= 4 is 11.6 Å². The molecule has 0 aliphatic carbocycles. The van der Waals surface area contributed by atoms with Crippen molar-refractivity contribution in [3.8, 4) is 5.75 Å². The van der Waals surface area contributed by atoms with Gasteiger partial charge in [0.15, 0.2) is 0 Å². The van der Waals surface area contributed by atoms with E-state index in [1.165, 1.54) is 0 Å². The van der Waals surface area contributed by atoms with Crippen LogP contribution in [0.5, 0.6) is 5.75 Å². The molecule has 1 aliphatic rings. The second-order valence-electron chi connectivity index (χ2n) is 6.35. The Balaban J connectivity index is 1.60. The Kier molecular flexibility index (Phi) is 4.08. The molecule has 0 bridgehead atoms. The molecule has 0 radical (unpaired) electrons. The standard InChI is InChI=1S/C17H20N6O3/c1-21-9-13(19-20-21)12-8-22(10-15(12)26-3)17(24)14-7-18-16-6-11(25-2)4-5-23(14)16/h4-7,9,12,15H,8,10H2,1-3H3/t12-,15+/m0/s1. The fraction of sp³-hybridized carbons (Fsp3) is 0.412. The number of methoxy groups -OCH3 is 2. The van der Waals surface area contributed by atoms with Crippen LogP contribution in [-0.4, -0.2) is 68.6 Å². The van der Waals surface area contributed by atoms with E-state index in [4.69, 9.17) is 9.47 Å². The summed E-state index contributed by atoms with van der Waals surface area (Å²) in [5.74, 6) is 0.610. The van der Waals surface area contributed by atoms with E-state index < -0.39 is 0 Å². The number of nitrogens with zero attached hydrogens (tertiary/aromatic N) is 6. The smallest absolute Gasteiger partial charge is 0.272 e. The summed E-state index contributed by atoms with van der Waals surface area (Å²) in [7, 11) is 5.08. The molecule has 136 valence electrons. The Morgan fingerprint density at radius 2 is 2.15 bits per heavy atom. The number of aromatic nitrogens is 5. The third kappa shape index (κ3) is 2.70. The predicted molar refractivity (Wildman–Crippen MR) is 92.2 cm³/mol. The third-order valence-electron chi connectivity index (χ3n) is 4.80. The van der Waals surface area contributed by atoms with Crippen molar-refractivity contribution < 1.29 is 14.3 Å². The topological polar surface area (TPSA) is 86.8 Å². The lowest BCUT2D eigenvalue weighted by Gasteiger charge is -2.15. The maximum absolute atomic E-state index is 13.1. The summed E-state index contributed by atoms with van der Waals surface area (Å²) < 4.78 is 14.2. The third-order valence-corrected chi connectivity index (χ3v) is 4.80.